The molecular weight excluding hydrogens is 475 g/mol. The molecule has 2 N–H and O–H groups in total. The Morgan fingerprint density at radius 1 is 0.828 bits per heavy atom. The van der Waals surface area contributed by atoms with Gasteiger partial charge in [0.1, 0.15) is 0 Å². The summed E-state index contributed by atoms with van der Waals surface area (Å²) >= 11 is -2.57. The molecule has 0 saturated carbocycles. The third kappa shape index (κ3) is 3.11. The van der Waals surface area contributed by atoms with Gasteiger partial charge in [0.2, 0.25) is 0 Å². The predicted octanol–water partition coefficient (Wildman–Crippen LogP) is 5.91. The van der Waals surface area contributed by atoms with Crippen molar-refractivity contribution in [2.75, 3.05) is 0 Å². The van der Waals surface area contributed by atoms with E-state index in [4.69, 9.17) is 8.80 Å². The van der Waals surface area contributed by atoms with Gasteiger partial charge in [-0.1, -0.05) is 0 Å². The Bertz CT molecular complexity index is 1180. The van der Waals surface area contributed by atoms with Gasteiger partial charge in [-0.3, -0.25) is 0 Å². The molecule has 1 unspecified atom stereocenters. The zero-order valence-electron chi connectivity index (χ0n) is 15.5. The van der Waals surface area contributed by atoms with Crippen molar-refractivity contribution < 1.29 is 7.86 Å². The zero-order valence-corrected chi connectivity index (χ0v) is 17.7. The average Bonchev–Trinajstić information content (AvgIpc) is 2.78. The summed E-state index contributed by atoms with van der Waals surface area (Å²) in [7, 11) is 0. The molecule has 0 aromatic heterocycles. The van der Waals surface area contributed by atoms with E-state index < -0.39 is 26.5 Å². The molecular formula is C24H19IN2O2. The number of amides is 2. The first-order valence-corrected chi connectivity index (χ1v) is 12.3. The van der Waals surface area contributed by atoms with Gasteiger partial charge in [0.05, 0.1) is 0 Å². The number of nitrogens with zero attached hydrogens (tertiary/aromatic N) is 1. The molecule has 1 aliphatic heterocycles. The first kappa shape index (κ1) is 18.0. The van der Waals surface area contributed by atoms with Gasteiger partial charge in [-0.15, -0.1) is 0 Å². The third-order valence-corrected chi connectivity index (χ3v) is 9.65. The fraction of sp³-hybridized carbons (Fsp3) is 0.0417. The van der Waals surface area contributed by atoms with Gasteiger partial charge in [-0.05, 0) is 0 Å². The monoisotopic (exact) mass is 494 g/mol. The number of nitrogens with two attached hydrogens (primary N) is 1. The first-order valence-electron chi connectivity index (χ1n) is 9.33. The van der Waals surface area contributed by atoms with E-state index in [1.165, 1.54) is 0 Å². The number of hydrogen-bond donors (Lipinski definition) is 1. The standard InChI is InChI=1S/C24H19IN2O2/c26-24(28)27-23(18-10-3-1-4-11-18)22-20-14-8-7-9-17(20)15-16-21(22)29-25(27)19-12-5-2-6-13-19/h1-16,23H,(H2,26,28). The Labute approximate surface area is 177 Å². The summed E-state index contributed by atoms with van der Waals surface area (Å²) in [5, 5.41) is 2.19. The van der Waals surface area contributed by atoms with E-state index >= 15 is 0 Å². The molecule has 0 bridgehead atoms. The van der Waals surface area contributed by atoms with Gasteiger partial charge in [0, 0.05) is 0 Å². The van der Waals surface area contributed by atoms with E-state index in [9.17, 15) is 4.79 Å². The van der Waals surface area contributed by atoms with E-state index in [0.717, 1.165) is 31.2 Å². The number of hydrogen-bond acceptors (Lipinski definition) is 2. The molecule has 0 saturated heterocycles. The molecule has 0 radical (unpaired) electrons. The Hall–Kier alpha value is -3.06. The maximum atomic E-state index is 12.8. The quantitative estimate of drug-likeness (QED) is 0.278. The number of urea groups is 1. The zero-order chi connectivity index (χ0) is 19.8. The van der Waals surface area contributed by atoms with Crippen molar-refractivity contribution >= 4 is 37.3 Å². The van der Waals surface area contributed by atoms with Crippen LogP contribution in [0.25, 0.3) is 10.8 Å². The molecule has 1 heterocycles. The third-order valence-electron chi connectivity index (χ3n) is 5.00. The molecule has 0 aliphatic carbocycles. The van der Waals surface area contributed by atoms with Crippen LogP contribution < -0.4 is 8.80 Å². The number of halogens is 1. The van der Waals surface area contributed by atoms with Gasteiger partial charge >= 0.3 is 178 Å². The number of benzene rings is 4. The topological polar surface area (TPSA) is 55.6 Å². The van der Waals surface area contributed by atoms with Crippen LogP contribution in [-0.4, -0.2) is 9.14 Å². The number of fused-ring (bicyclic) bond motifs is 3. The van der Waals surface area contributed by atoms with Crippen LogP contribution in [0.3, 0.4) is 0 Å². The summed E-state index contributed by atoms with van der Waals surface area (Å²) in [5.41, 5.74) is 8.00. The van der Waals surface area contributed by atoms with Crippen molar-refractivity contribution in [1.29, 1.82) is 0 Å². The summed E-state index contributed by atoms with van der Waals surface area (Å²) in [6.45, 7) is 0. The van der Waals surface area contributed by atoms with Crippen LogP contribution in [0.2, 0.25) is 0 Å². The molecule has 4 aromatic rings. The van der Waals surface area contributed by atoms with Crippen LogP contribution >= 0.6 is 20.5 Å². The molecule has 4 nitrogen and oxygen atoms in total. The molecule has 2 amide bonds. The minimum absolute atomic E-state index is 0.283. The van der Waals surface area contributed by atoms with Crippen molar-refractivity contribution in [1.82, 2.24) is 3.11 Å². The molecule has 0 fully saturated rings. The van der Waals surface area contributed by atoms with E-state index in [2.05, 4.69) is 30.3 Å². The summed E-state index contributed by atoms with van der Waals surface area (Å²) in [5.74, 6) is 0.837. The van der Waals surface area contributed by atoms with Crippen LogP contribution in [0.1, 0.15) is 17.2 Å². The van der Waals surface area contributed by atoms with Gasteiger partial charge in [0.15, 0.2) is 0 Å². The number of primary amides is 1. The molecule has 1 atom stereocenters. The Morgan fingerprint density at radius 3 is 2.21 bits per heavy atom. The molecule has 5 rings (SSSR count). The second-order valence-corrected chi connectivity index (χ2v) is 10.8. The fourth-order valence-electron chi connectivity index (χ4n) is 3.75. The van der Waals surface area contributed by atoms with Crippen molar-refractivity contribution in [2.45, 2.75) is 6.04 Å². The second-order valence-electron chi connectivity index (χ2n) is 6.76. The van der Waals surface area contributed by atoms with Gasteiger partial charge in [0.25, 0.3) is 0 Å². The minimum atomic E-state index is -2.57. The van der Waals surface area contributed by atoms with Crippen molar-refractivity contribution in [3.63, 3.8) is 0 Å². The molecule has 29 heavy (non-hydrogen) atoms. The fourth-order valence-corrected chi connectivity index (χ4v) is 8.22. The Kier molecular flexibility index (Phi) is 4.60. The summed E-state index contributed by atoms with van der Waals surface area (Å²) < 4.78 is 9.37. The van der Waals surface area contributed by atoms with Gasteiger partial charge in [-0.25, -0.2) is 0 Å². The van der Waals surface area contributed by atoms with Crippen molar-refractivity contribution in [3.05, 3.63) is 112 Å². The maximum absolute atomic E-state index is 12.8. The second kappa shape index (κ2) is 7.40. The first-order chi connectivity index (χ1) is 14.2. The normalized spacial score (nSPS) is 16.9. The van der Waals surface area contributed by atoms with E-state index in [1.54, 1.807) is 3.11 Å². The van der Waals surface area contributed by atoms with Gasteiger partial charge in [-0.2, -0.15) is 0 Å². The van der Waals surface area contributed by atoms with Crippen LogP contribution in [0.5, 0.6) is 5.75 Å². The average molecular weight is 494 g/mol. The SMILES string of the molecule is NC(=O)N1C(c2ccccc2)c2c(ccc3ccccc23)OI1c1ccccc1. The predicted molar refractivity (Wildman–Crippen MR) is 123 cm³/mol. The summed E-state index contributed by atoms with van der Waals surface area (Å²) in [6, 6.07) is 31.6. The van der Waals surface area contributed by atoms with Crippen LogP contribution in [-0.2, 0) is 0 Å². The van der Waals surface area contributed by atoms with Crippen molar-refractivity contribution in [3.8, 4) is 5.75 Å². The summed E-state index contributed by atoms with van der Waals surface area (Å²) in [4.78, 5) is 12.8. The number of rotatable bonds is 2. The molecule has 0 spiro atoms. The van der Waals surface area contributed by atoms with Crippen LogP contribution in [0.4, 0.5) is 4.79 Å². The van der Waals surface area contributed by atoms with E-state index in [0.29, 0.717) is 0 Å². The Balaban J connectivity index is 1.81. The van der Waals surface area contributed by atoms with Crippen molar-refractivity contribution in [2.24, 2.45) is 5.73 Å². The molecule has 1 aliphatic rings. The van der Waals surface area contributed by atoms with Crippen LogP contribution in [0.15, 0.2) is 97.1 Å². The molecule has 144 valence electrons. The summed E-state index contributed by atoms with van der Waals surface area (Å²) in [6.07, 6.45) is 0. The van der Waals surface area contributed by atoms with E-state index in [-0.39, 0.29) is 6.04 Å². The van der Waals surface area contributed by atoms with Crippen LogP contribution in [0, 0.1) is 3.57 Å². The van der Waals surface area contributed by atoms with Gasteiger partial charge < -0.3 is 0 Å². The Morgan fingerprint density at radius 2 is 1.48 bits per heavy atom. The molecule has 4 aromatic carbocycles. The number of carbonyl (C=O) groups is 1. The number of carbonyl (C=O) groups excluding carboxylic acids is 1. The molecule has 5 heteroatoms. The van der Waals surface area contributed by atoms with E-state index in [1.807, 2.05) is 66.7 Å².